The highest BCUT2D eigenvalue weighted by atomic mass is 16.7. The average Bonchev–Trinajstić information content (AvgIpc) is 3.20. The standard InChI is InChI=1S/C20H19N3O5/c1-25-15-5-3-13(9-17(15)26-2)11-22-19-20(24)23(8-7-21-19)14-4-6-16-18(10-14)28-12-27-16/h3-10H,11-12H2,1-2H3,(H,21,22). The highest BCUT2D eigenvalue weighted by molar-refractivity contribution is 5.51. The van der Waals surface area contributed by atoms with Crippen molar-refractivity contribution >= 4 is 5.82 Å². The van der Waals surface area contributed by atoms with E-state index in [0.717, 1.165) is 5.56 Å². The Balaban J connectivity index is 1.57. The minimum Gasteiger partial charge on any atom is -0.493 e. The topological polar surface area (TPSA) is 83.8 Å². The number of methoxy groups -OCH3 is 2. The molecule has 2 aromatic carbocycles. The quantitative estimate of drug-likeness (QED) is 0.703. The Labute approximate surface area is 161 Å². The van der Waals surface area contributed by atoms with Crippen molar-refractivity contribution in [2.75, 3.05) is 26.3 Å². The molecule has 8 heteroatoms. The van der Waals surface area contributed by atoms with Crippen molar-refractivity contribution in [3.05, 3.63) is 64.7 Å². The SMILES string of the molecule is COc1ccc(CNc2nccn(-c3ccc4c(c3)OCO4)c2=O)cc1OC. The Bertz CT molecular complexity index is 1060. The molecule has 0 unspecified atom stereocenters. The Kier molecular flexibility index (Phi) is 4.76. The molecule has 1 aliphatic heterocycles. The van der Waals surface area contributed by atoms with Crippen molar-refractivity contribution in [3.63, 3.8) is 0 Å². The van der Waals surface area contributed by atoms with Gasteiger partial charge in [-0.25, -0.2) is 4.98 Å². The second-order valence-corrected chi connectivity index (χ2v) is 6.03. The first kappa shape index (κ1) is 17.7. The molecule has 1 aliphatic rings. The second-order valence-electron chi connectivity index (χ2n) is 6.03. The van der Waals surface area contributed by atoms with E-state index in [0.29, 0.717) is 35.2 Å². The first-order chi connectivity index (χ1) is 13.7. The molecule has 1 N–H and O–H groups in total. The van der Waals surface area contributed by atoms with E-state index in [4.69, 9.17) is 18.9 Å². The van der Waals surface area contributed by atoms with Crippen LogP contribution in [0.15, 0.2) is 53.6 Å². The van der Waals surface area contributed by atoms with Gasteiger partial charge < -0.3 is 24.3 Å². The molecule has 0 amide bonds. The number of hydrogen-bond acceptors (Lipinski definition) is 7. The van der Waals surface area contributed by atoms with Crippen LogP contribution >= 0.6 is 0 Å². The summed E-state index contributed by atoms with van der Waals surface area (Å²) in [6.45, 7) is 0.593. The minimum absolute atomic E-state index is 0.183. The van der Waals surface area contributed by atoms with Crippen LogP contribution in [0.25, 0.3) is 5.69 Å². The van der Waals surface area contributed by atoms with Crippen molar-refractivity contribution in [3.8, 4) is 28.7 Å². The van der Waals surface area contributed by atoms with Gasteiger partial charge >= 0.3 is 0 Å². The van der Waals surface area contributed by atoms with Crippen LogP contribution in [0.2, 0.25) is 0 Å². The maximum absolute atomic E-state index is 12.8. The van der Waals surface area contributed by atoms with Crippen LogP contribution in [-0.2, 0) is 6.54 Å². The number of hydrogen-bond donors (Lipinski definition) is 1. The molecule has 8 nitrogen and oxygen atoms in total. The normalized spacial score (nSPS) is 11.9. The molecule has 0 spiro atoms. The van der Waals surface area contributed by atoms with E-state index in [-0.39, 0.29) is 18.2 Å². The summed E-state index contributed by atoms with van der Waals surface area (Å²) in [5.74, 6) is 2.79. The number of fused-ring (bicyclic) bond motifs is 1. The summed E-state index contributed by atoms with van der Waals surface area (Å²) < 4.78 is 22.8. The maximum Gasteiger partial charge on any atom is 0.297 e. The van der Waals surface area contributed by atoms with Gasteiger partial charge in [0.15, 0.2) is 28.8 Å². The second kappa shape index (κ2) is 7.51. The summed E-state index contributed by atoms with van der Waals surface area (Å²) >= 11 is 0. The van der Waals surface area contributed by atoms with Gasteiger partial charge in [-0.05, 0) is 29.8 Å². The zero-order chi connectivity index (χ0) is 19.5. The van der Waals surface area contributed by atoms with Crippen LogP contribution in [-0.4, -0.2) is 30.6 Å². The van der Waals surface area contributed by atoms with E-state index < -0.39 is 0 Å². The van der Waals surface area contributed by atoms with E-state index in [9.17, 15) is 4.79 Å². The molecule has 0 fully saturated rings. The zero-order valence-corrected chi connectivity index (χ0v) is 15.5. The minimum atomic E-state index is -0.262. The molecule has 3 aromatic rings. The molecule has 2 heterocycles. The summed E-state index contributed by atoms with van der Waals surface area (Å²) in [5.41, 5.74) is 1.34. The molecule has 1 aromatic heterocycles. The molecule has 0 atom stereocenters. The molecule has 0 bridgehead atoms. The number of benzene rings is 2. The molecular weight excluding hydrogens is 362 g/mol. The fraction of sp³-hybridized carbons (Fsp3) is 0.200. The smallest absolute Gasteiger partial charge is 0.297 e. The Morgan fingerprint density at radius 1 is 1.07 bits per heavy atom. The van der Waals surface area contributed by atoms with Gasteiger partial charge in [0.1, 0.15) is 0 Å². The largest absolute Gasteiger partial charge is 0.493 e. The van der Waals surface area contributed by atoms with Crippen LogP contribution in [0.3, 0.4) is 0 Å². The highest BCUT2D eigenvalue weighted by Gasteiger charge is 2.15. The summed E-state index contributed by atoms with van der Waals surface area (Å²) in [6, 6.07) is 10.9. The van der Waals surface area contributed by atoms with E-state index in [1.165, 1.54) is 4.57 Å². The fourth-order valence-electron chi connectivity index (χ4n) is 2.95. The van der Waals surface area contributed by atoms with Crippen LogP contribution in [0, 0.1) is 0 Å². The van der Waals surface area contributed by atoms with Gasteiger partial charge in [0.25, 0.3) is 5.56 Å². The summed E-state index contributed by atoms with van der Waals surface area (Å²) in [4.78, 5) is 17.0. The third-order valence-electron chi connectivity index (χ3n) is 4.38. The zero-order valence-electron chi connectivity index (χ0n) is 15.5. The van der Waals surface area contributed by atoms with E-state index >= 15 is 0 Å². The van der Waals surface area contributed by atoms with Gasteiger partial charge in [-0.3, -0.25) is 9.36 Å². The van der Waals surface area contributed by atoms with Crippen molar-refractivity contribution in [2.24, 2.45) is 0 Å². The molecule has 0 saturated heterocycles. The monoisotopic (exact) mass is 381 g/mol. The first-order valence-electron chi connectivity index (χ1n) is 8.62. The molecule has 4 rings (SSSR count). The number of anilines is 1. The Morgan fingerprint density at radius 2 is 1.89 bits per heavy atom. The van der Waals surface area contributed by atoms with Crippen LogP contribution < -0.4 is 29.8 Å². The molecule has 0 radical (unpaired) electrons. The van der Waals surface area contributed by atoms with Crippen molar-refractivity contribution in [2.45, 2.75) is 6.54 Å². The summed E-state index contributed by atoms with van der Waals surface area (Å²) in [5, 5.41) is 3.08. The lowest BCUT2D eigenvalue weighted by Gasteiger charge is -2.11. The Hall–Kier alpha value is -3.68. The van der Waals surface area contributed by atoms with E-state index in [1.54, 1.807) is 44.8 Å². The predicted molar refractivity (Wildman–Crippen MR) is 103 cm³/mol. The van der Waals surface area contributed by atoms with E-state index in [1.807, 2.05) is 18.2 Å². The van der Waals surface area contributed by atoms with Gasteiger partial charge in [0, 0.05) is 25.0 Å². The number of nitrogens with zero attached hydrogens (tertiary/aromatic N) is 2. The third-order valence-corrected chi connectivity index (χ3v) is 4.38. The van der Waals surface area contributed by atoms with E-state index in [2.05, 4.69) is 10.3 Å². The molecule has 28 heavy (non-hydrogen) atoms. The summed E-state index contributed by atoms with van der Waals surface area (Å²) in [6.07, 6.45) is 3.18. The van der Waals surface area contributed by atoms with Crippen LogP contribution in [0.4, 0.5) is 5.82 Å². The molecule has 144 valence electrons. The molecule has 0 aliphatic carbocycles. The van der Waals surface area contributed by atoms with Crippen molar-refractivity contribution in [1.82, 2.24) is 9.55 Å². The number of aromatic nitrogens is 2. The number of nitrogens with one attached hydrogen (secondary N) is 1. The highest BCUT2D eigenvalue weighted by Crippen LogP contribution is 2.33. The lowest BCUT2D eigenvalue weighted by Crippen LogP contribution is -2.23. The molecular formula is C20H19N3O5. The molecule has 0 saturated carbocycles. The van der Waals surface area contributed by atoms with Gasteiger partial charge in [-0.15, -0.1) is 0 Å². The predicted octanol–water partition coefficient (Wildman–Crippen LogP) is 2.59. The van der Waals surface area contributed by atoms with Crippen molar-refractivity contribution < 1.29 is 18.9 Å². The average molecular weight is 381 g/mol. The van der Waals surface area contributed by atoms with Crippen LogP contribution in [0.1, 0.15) is 5.56 Å². The van der Waals surface area contributed by atoms with Crippen molar-refractivity contribution in [1.29, 1.82) is 0 Å². The maximum atomic E-state index is 12.8. The van der Waals surface area contributed by atoms with Gasteiger partial charge in [0.2, 0.25) is 6.79 Å². The van der Waals surface area contributed by atoms with Gasteiger partial charge in [0.05, 0.1) is 19.9 Å². The lowest BCUT2D eigenvalue weighted by atomic mass is 10.2. The fourth-order valence-corrected chi connectivity index (χ4v) is 2.95. The number of ether oxygens (including phenoxy) is 4. The lowest BCUT2D eigenvalue weighted by molar-refractivity contribution is 0.174. The summed E-state index contributed by atoms with van der Waals surface area (Å²) in [7, 11) is 3.17. The number of rotatable bonds is 6. The Morgan fingerprint density at radius 3 is 2.71 bits per heavy atom. The third kappa shape index (κ3) is 3.32. The van der Waals surface area contributed by atoms with Gasteiger partial charge in [-0.1, -0.05) is 6.07 Å². The van der Waals surface area contributed by atoms with Crippen LogP contribution in [0.5, 0.6) is 23.0 Å². The van der Waals surface area contributed by atoms with Gasteiger partial charge in [-0.2, -0.15) is 0 Å². The first-order valence-corrected chi connectivity index (χ1v) is 8.62.